The summed E-state index contributed by atoms with van der Waals surface area (Å²) >= 11 is 0. The summed E-state index contributed by atoms with van der Waals surface area (Å²) in [5.74, 6) is -0.601. The Morgan fingerprint density at radius 1 is 1.19 bits per heavy atom. The van der Waals surface area contributed by atoms with Crippen LogP contribution in [0, 0.1) is 28.6 Å². The van der Waals surface area contributed by atoms with E-state index in [0.29, 0.717) is 12.8 Å². The first-order valence-corrected chi connectivity index (χ1v) is 14.0. The topological polar surface area (TPSA) is 102 Å². The molecule has 1 heterocycles. The molecule has 1 N–H and O–H groups in total. The van der Waals surface area contributed by atoms with E-state index in [9.17, 15) is 19.5 Å². The number of rotatable bonds is 4. The fourth-order valence-electron chi connectivity index (χ4n) is 9.14. The molecule has 5 fully saturated rings. The number of hydroxylamine groups is 2. The van der Waals surface area contributed by atoms with Gasteiger partial charge in [0.05, 0.1) is 12.1 Å². The van der Waals surface area contributed by atoms with Gasteiger partial charge >= 0.3 is 5.97 Å². The van der Waals surface area contributed by atoms with Gasteiger partial charge in [0.1, 0.15) is 6.10 Å². The van der Waals surface area contributed by atoms with E-state index in [1.54, 1.807) is 17.4 Å². The summed E-state index contributed by atoms with van der Waals surface area (Å²) in [5, 5.41) is 13.4. The molecule has 0 aromatic carbocycles. The number of carbonyl (C=O) groups is 3. The second-order valence-corrected chi connectivity index (χ2v) is 12.6. The summed E-state index contributed by atoms with van der Waals surface area (Å²) in [6.07, 6.45) is 12.2. The molecule has 0 amide bonds. The highest BCUT2D eigenvalue weighted by molar-refractivity contribution is 6.01. The maximum atomic E-state index is 14.0. The lowest BCUT2D eigenvalue weighted by Crippen LogP contribution is -2.64. The normalized spacial score (nSPS) is 45.5. The molecule has 1 saturated heterocycles. The fraction of sp³-hybridized carbons (Fsp3) is 0.759. The smallest absolute Gasteiger partial charge is 0.303 e. The molecule has 8 nitrogen and oxygen atoms in total. The first-order chi connectivity index (χ1) is 17.6. The first-order valence-electron chi connectivity index (χ1n) is 14.0. The minimum absolute atomic E-state index is 0.0103. The van der Waals surface area contributed by atoms with Crippen LogP contribution in [0.2, 0.25) is 0 Å². The van der Waals surface area contributed by atoms with Crippen molar-refractivity contribution in [3.63, 3.8) is 0 Å². The highest BCUT2D eigenvalue weighted by Gasteiger charge is 2.77. The highest BCUT2D eigenvalue weighted by Crippen LogP contribution is 2.69. The van der Waals surface area contributed by atoms with Crippen molar-refractivity contribution in [2.75, 3.05) is 6.61 Å². The van der Waals surface area contributed by atoms with Crippen LogP contribution in [0.25, 0.3) is 0 Å². The molecule has 5 aliphatic carbocycles. The Balaban J connectivity index is 1.37. The third-order valence-electron chi connectivity index (χ3n) is 10.8. The summed E-state index contributed by atoms with van der Waals surface area (Å²) in [4.78, 5) is 50.8. The third kappa shape index (κ3) is 3.59. The zero-order chi connectivity index (χ0) is 26.2. The SMILES string of the molecule is CC(=O)OCC(=O)C12ON(C3CCCCC3)OC1CC1C3CCC4=CC(=O)C=C[C@]4(C)C3C(O)C[C@@]12C. The van der Waals surface area contributed by atoms with Gasteiger partial charge in [-0.25, -0.2) is 0 Å². The standard InChI is InChI=1S/C29H39NO7/c1-17(31)35-16-24(34)29-25(36-30(37-29)19-7-5-4-6-8-19)14-22-21-10-9-18-13-20(32)11-12-27(18,2)26(21)23(33)15-28(22,29)3/h11-13,19,21-23,25-26,33H,4-10,14-16H2,1-3H3/t21?,22?,23?,25?,26?,27-,28-,29?/m0/s1. The zero-order valence-corrected chi connectivity index (χ0v) is 22.1. The van der Waals surface area contributed by atoms with E-state index in [2.05, 4.69) is 13.8 Å². The molecule has 0 aromatic rings. The van der Waals surface area contributed by atoms with Crippen molar-refractivity contribution in [3.05, 3.63) is 23.8 Å². The number of hydrogen-bond acceptors (Lipinski definition) is 8. The lowest BCUT2D eigenvalue weighted by molar-refractivity contribution is -0.365. The maximum absolute atomic E-state index is 14.0. The second-order valence-electron chi connectivity index (χ2n) is 12.6. The molecular weight excluding hydrogens is 474 g/mol. The lowest BCUT2D eigenvalue weighted by atomic mass is 9.46. The first kappa shape index (κ1) is 25.4. The molecular formula is C29H39NO7. The van der Waals surface area contributed by atoms with E-state index >= 15 is 0 Å². The number of ether oxygens (including phenoxy) is 1. The molecule has 6 unspecified atom stereocenters. The van der Waals surface area contributed by atoms with Crippen LogP contribution in [0.5, 0.6) is 0 Å². The Kier molecular flexibility index (Phi) is 6.06. The van der Waals surface area contributed by atoms with Crippen molar-refractivity contribution in [1.82, 2.24) is 5.23 Å². The summed E-state index contributed by atoms with van der Waals surface area (Å²) in [6, 6.07) is 0.0901. The van der Waals surface area contributed by atoms with Gasteiger partial charge in [-0.05, 0) is 62.5 Å². The average molecular weight is 514 g/mol. The van der Waals surface area contributed by atoms with Gasteiger partial charge < -0.3 is 9.84 Å². The van der Waals surface area contributed by atoms with Gasteiger partial charge in [0.25, 0.3) is 0 Å². The van der Waals surface area contributed by atoms with E-state index in [1.807, 2.05) is 6.08 Å². The Labute approximate surface area is 218 Å². The van der Waals surface area contributed by atoms with Gasteiger partial charge in [0.15, 0.2) is 18.0 Å². The van der Waals surface area contributed by atoms with Crippen LogP contribution in [-0.2, 0) is 28.8 Å². The maximum Gasteiger partial charge on any atom is 0.303 e. The Hall–Kier alpha value is -1.87. The number of fused-ring (bicyclic) bond motifs is 7. The van der Waals surface area contributed by atoms with Crippen molar-refractivity contribution in [1.29, 1.82) is 0 Å². The average Bonchev–Trinajstić information content (AvgIpc) is 3.36. The van der Waals surface area contributed by atoms with E-state index < -0.39 is 29.2 Å². The minimum Gasteiger partial charge on any atom is -0.458 e. The summed E-state index contributed by atoms with van der Waals surface area (Å²) in [7, 11) is 0. The van der Waals surface area contributed by atoms with E-state index in [0.717, 1.165) is 44.1 Å². The Morgan fingerprint density at radius 2 is 1.95 bits per heavy atom. The van der Waals surface area contributed by atoms with Crippen LogP contribution in [0.4, 0.5) is 0 Å². The van der Waals surface area contributed by atoms with Gasteiger partial charge in [-0.3, -0.25) is 24.1 Å². The van der Waals surface area contributed by atoms with E-state index in [4.69, 9.17) is 14.4 Å². The van der Waals surface area contributed by atoms with Gasteiger partial charge in [-0.2, -0.15) is 0 Å². The third-order valence-corrected chi connectivity index (χ3v) is 10.8. The van der Waals surface area contributed by atoms with Crippen LogP contribution in [0.15, 0.2) is 23.8 Å². The van der Waals surface area contributed by atoms with Crippen molar-refractivity contribution in [3.8, 4) is 0 Å². The van der Waals surface area contributed by atoms with Crippen LogP contribution < -0.4 is 0 Å². The molecule has 1 aliphatic heterocycles. The van der Waals surface area contributed by atoms with E-state index in [-0.39, 0.29) is 47.4 Å². The fourth-order valence-corrected chi connectivity index (χ4v) is 9.14. The monoisotopic (exact) mass is 513 g/mol. The quantitative estimate of drug-likeness (QED) is 0.569. The molecule has 6 rings (SSSR count). The molecule has 6 aliphatic rings. The summed E-state index contributed by atoms with van der Waals surface area (Å²) in [5.41, 5.74) is -1.30. The largest absolute Gasteiger partial charge is 0.458 e. The highest BCUT2D eigenvalue weighted by atomic mass is 17.0. The molecule has 0 bridgehead atoms. The Morgan fingerprint density at radius 3 is 2.68 bits per heavy atom. The lowest BCUT2D eigenvalue weighted by Gasteiger charge is -2.59. The molecule has 4 saturated carbocycles. The van der Waals surface area contributed by atoms with Crippen LogP contribution in [0.1, 0.15) is 78.6 Å². The van der Waals surface area contributed by atoms with E-state index in [1.165, 1.54) is 13.3 Å². The molecule has 8 heteroatoms. The molecule has 8 atom stereocenters. The number of allylic oxidation sites excluding steroid dienone is 4. The van der Waals surface area contributed by atoms with Crippen molar-refractivity contribution in [2.45, 2.75) is 102 Å². The number of nitrogens with zero attached hydrogens (tertiary/aromatic N) is 1. The zero-order valence-electron chi connectivity index (χ0n) is 22.1. The summed E-state index contributed by atoms with van der Waals surface area (Å²) < 4.78 is 5.20. The minimum atomic E-state index is -1.31. The molecule has 0 radical (unpaired) electrons. The number of ketones is 2. The molecule has 37 heavy (non-hydrogen) atoms. The predicted molar refractivity (Wildman–Crippen MR) is 132 cm³/mol. The molecule has 202 valence electrons. The molecule has 0 aromatic heterocycles. The van der Waals surface area contributed by atoms with Gasteiger partial charge in [0, 0.05) is 23.7 Å². The van der Waals surface area contributed by atoms with Crippen LogP contribution >= 0.6 is 0 Å². The number of esters is 1. The van der Waals surface area contributed by atoms with Crippen molar-refractivity contribution >= 4 is 17.5 Å². The second kappa shape index (κ2) is 8.83. The van der Waals surface area contributed by atoms with Crippen molar-refractivity contribution < 1.29 is 33.9 Å². The number of aliphatic hydroxyl groups is 1. The van der Waals surface area contributed by atoms with Crippen LogP contribution in [0.3, 0.4) is 0 Å². The predicted octanol–water partition coefficient (Wildman–Crippen LogP) is 3.63. The van der Waals surface area contributed by atoms with Crippen LogP contribution in [-0.4, -0.2) is 58.3 Å². The molecule has 0 spiro atoms. The van der Waals surface area contributed by atoms with Gasteiger partial charge in [-0.1, -0.05) is 50.0 Å². The van der Waals surface area contributed by atoms with Gasteiger partial charge in [0.2, 0.25) is 5.78 Å². The number of aliphatic hydroxyl groups excluding tert-OH is 1. The number of carbonyl (C=O) groups excluding carboxylic acids is 3. The van der Waals surface area contributed by atoms with Gasteiger partial charge in [-0.15, -0.1) is 0 Å². The summed E-state index contributed by atoms with van der Waals surface area (Å²) in [6.45, 7) is 5.15. The number of hydrogen-bond donors (Lipinski definition) is 1. The van der Waals surface area contributed by atoms with Crippen molar-refractivity contribution in [2.24, 2.45) is 28.6 Å². The Bertz CT molecular complexity index is 1060. The number of Topliss-reactive ketones (excluding diaryl/α,β-unsaturated/α-hetero) is 1.